The lowest BCUT2D eigenvalue weighted by Gasteiger charge is -2.21. The predicted octanol–water partition coefficient (Wildman–Crippen LogP) is 3.64. The van der Waals surface area contributed by atoms with Gasteiger partial charge in [0.2, 0.25) is 0 Å². The zero-order chi connectivity index (χ0) is 24.8. The summed E-state index contributed by atoms with van der Waals surface area (Å²) in [5, 5.41) is 23.4. The molecule has 10 heteroatoms. The average Bonchev–Trinajstić information content (AvgIpc) is 3.53. The molecule has 2 aromatic heterocycles. The molecule has 1 amide bonds. The molecule has 0 bridgehead atoms. The molecule has 35 heavy (non-hydrogen) atoms. The molecule has 0 saturated heterocycles. The first-order valence-electron chi connectivity index (χ1n) is 11.4. The Labute approximate surface area is 202 Å². The van der Waals surface area contributed by atoms with Crippen LogP contribution in [0, 0.1) is 6.92 Å². The van der Waals surface area contributed by atoms with Crippen LogP contribution in [0.4, 0.5) is 5.95 Å². The van der Waals surface area contributed by atoms with Gasteiger partial charge in [-0.25, -0.2) is 9.78 Å². The van der Waals surface area contributed by atoms with Crippen LogP contribution in [0.3, 0.4) is 0 Å². The van der Waals surface area contributed by atoms with Crippen molar-refractivity contribution in [1.29, 1.82) is 0 Å². The van der Waals surface area contributed by atoms with Crippen molar-refractivity contribution in [2.45, 2.75) is 46.2 Å². The van der Waals surface area contributed by atoms with Gasteiger partial charge in [0, 0.05) is 13.0 Å². The number of aromatic amines is 1. The number of unbranched alkanes of at least 4 members (excludes halogenated alkanes) is 1. The number of H-pyrrole nitrogens is 1. The van der Waals surface area contributed by atoms with Crippen molar-refractivity contribution in [3.63, 3.8) is 0 Å². The van der Waals surface area contributed by atoms with Crippen molar-refractivity contribution in [3.8, 4) is 0 Å². The van der Waals surface area contributed by atoms with Gasteiger partial charge in [-0.1, -0.05) is 54.8 Å². The van der Waals surface area contributed by atoms with Crippen molar-refractivity contribution in [2.75, 3.05) is 4.90 Å². The number of carbonyl (C=O) groups is 2. The number of anilines is 1. The largest absolute Gasteiger partial charge is 0.478 e. The second-order valence-electron chi connectivity index (χ2n) is 8.28. The number of aromatic nitrogens is 6. The maximum absolute atomic E-state index is 13.9. The molecule has 0 unspecified atom stereocenters. The first-order valence-corrected chi connectivity index (χ1v) is 11.4. The summed E-state index contributed by atoms with van der Waals surface area (Å²) in [6.07, 6.45) is 4.23. The first-order chi connectivity index (χ1) is 17.0. The number of carboxylic acids is 1. The number of imidazole rings is 1. The highest BCUT2D eigenvalue weighted by atomic mass is 16.4. The number of nitrogens with one attached hydrogen (secondary N) is 1. The molecule has 0 spiro atoms. The van der Waals surface area contributed by atoms with Gasteiger partial charge in [-0.15, -0.1) is 5.10 Å². The average molecular weight is 474 g/mol. The van der Waals surface area contributed by atoms with Gasteiger partial charge in [-0.2, -0.15) is 5.21 Å². The van der Waals surface area contributed by atoms with Crippen molar-refractivity contribution in [2.24, 2.45) is 0 Å². The van der Waals surface area contributed by atoms with Crippen LogP contribution >= 0.6 is 0 Å². The maximum atomic E-state index is 13.9. The number of nitrogens with zero attached hydrogens (tertiary/aromatic N) is 6. The van der Waals surface area contributed by atoms with Crippen molar-refractivity contribution in [3.05, 3.63) is 88.5 Å². The minimum Gasteiger partial charge on any atom is -0.478 e. The number of aromatic carboxylic acids is 1. The Bertz CT molecular complexity index is 1300. The lowest BCUT2D eigenvalue weighted by atomic mass is 10.1. The predicted molar refractivity (Wildman–Crippen MR) is 129 cm³/mol. The van der Waals surface area contributed by atoms with Gasteiger partial charge in [0.25, 0.3) is 11.9 Å². The van der Waals surface area contributed by atoms with E-state index in [-0.39, 0.29) is 24.0 Å². The zero-order valence-electron chi connectivity index (χ0n) is 19.7. The minimum atomic E-state index is -0.981. The zero-order valence-corrected chi connectivity index (χ0v) is 19.7. The highest BCUT2D eigenvalue weighted by Crippen LogP contribution is 2.20. The van der Waals surface area contributed by atoms with Gasteiger partial charge in [0.1, 0.15) is 11.5 Å². The molecular weight excluding hydrogens is 446 g/mol. The van der Waals surface area contributed by atoms with E-state index in [2.05, 4.69) is 32.5 Å². The van der Waals surface area contributed by atoms with E-state index < -0.39 is 5.97 Å². The highest BCUT2D eigenvalue weighted by Gasteiger charge is 2.26. The molecule has 2 N–H and O–H groups in total. The Balaban J connectivity index is 1.70. The SMILES string of the molecule is CCCCc1ncc(C(=O)N(Cc2ccccc2C)c2nn[nH]n2)n1Cc1ccc(C(=O)O)cc1. The van der Waals surface area contributed by atoms with Crippen molar-refractivity contribution < 1.29 is 14.7 Å². The number of aryl methyl sites for hydroxylation is 2. The molecule has 180 valence electrons. The van der Waals surface area contributed by atoms with E-state index in [4.69, 9.17) is 0 Å². The van der Waals surface area contributed by atoms with Gasteiger partial charge >= 0.3 is 5.97 Å². The number of carbonyl (C=O) groups excluding carboxylic acids is 1. The number of benzene rings is 2. The van der Waals surface area contributed by atoms with Gasteiger partial charge < -0.3 is 9.67 Å². The lowest BCUT2D eigenvalue weighted by molar-refractivity contribution is 0.0696. The summed E-state index contributed by atoms with van der Waals surface area (Å²) in [4.78, 5) is 31.1. The molecule has 0 radical (unpaired) electrons. The topological polar surface area (TPSA) is 130 Å². The van der Waals surface area contributed by atoms with Crippen LogP contribution in [-0.2, 0) is 19.5 Å². The van der Waals surface area contributed by atoms with Gasteiger partial charge in [-0.05, 0) is 47.4 Å². The van der Waals surface area contributed by atoms with E-state index in [1.54, 1.807) is 30.5 Å². The standard InChI is InChI=1S/C25H27N7O3/c1-3-4-9-22-26-14-21(31(22)15-18-10-12-19(13-11-18)24(34)35)23(33)32(25-27-29-30-28-25)16-20-8-6-5-7-17(20)2/h5-8,10-14H,3-4,9,15-16H2,1-2H3,(H,34,35)(H,27,28,29,30). The third-order valence-electron chi connectivity index (χ3n) is 5.86. The van der Waals surface area contributed by atoms with Crippen LogP contribution in [0.5, 0.6) is 0 Å². The fourth-order valence-corrected chi connectivity index (χ4v) is 3.83. The van der Waals surface area contributed by atoms with Crippen LogP contribution in [0.25, 0.3) is 0 Å². The molecule has 4 aromatic rings. The minimum absolute atomic E-state index is 0.173. The summed E-state index contributed by atoms with van der Waals surface area (Å²) in [6.45, 7) is 4.74. The number of hydrogen-bond donors (Lipinski definition) is 2. The Morgan fingerprint density at radius 3 is 2.54 bits per heavy atom. The second kappa shape index (κ2) is 10.7. The Morgan fingerprint density at radius 2 is 1.89 bits per heavy atom. The molecule has 2 heterocycles. The van der Waals surface area contributed by atoms with Crippen molar-refractivity contribution >= 4 is 17.8 Å². The molecule has 0 fully saturated rings. The summed E-state index contributed by atoms with van der Waals surface area (Å²) in [5.41, 5.74) is 3.49. The third kappa shape index (κ3) is 5.43. The fourth-order valence-electron chi connectivity index (χ4n) is 3.83. The monoisotopic (exact) mass is 473 g/mol. The molecule has 0 aliphatic rings. The number of rotatable bonds is 10. The molecule has 0 aliphatic carbocycles. The summed E-state index contributed by atoms with van der Waals surface area (Å²) in [7, 11) is 0. The van der Waals surface area contributed by atoms with E-state index in [1.807, 2.05) is 35.8 Å². The molecule has 4 rings (SSSR count). The van der Waals surface area contributed by atoms with Gasteiger partial charge in [-0.3, -0.25) is 9.69 Å². The molecule has 0 saturated carbocycles. The summed E-state index contributed by atoms with van der Waals surface area (Å²) >= 11 is 0. The highest BCUT2D eigenvalue weighted by molar-refractivity contribution is 6.03. The molecular formula is C25H27N7O3. The molecule has 0 aliphatic heterocycles. The van der Waals surface area contributed by atoms with Gasteiger partial charge in [0.15, 0.2) is 0 Å². The summed E-state index contributed by atoms with van der Waals surface area (Å²) in [6, 6.07) is 14.5. The van der Waals surface area contributed by atoms with E-state index in [1.165, 1.54) is 4.90 Å². The van der Waals surface area contributed by atoms with Crippen LogP contribution < -0.4 is 4.90 Å². The Kier molecular flexibility index (Phi) is 7.30. The normalized spacial score (nSPS) is 10.9. The molecule has 0 atom stereocenters. The summed E-state index contributed by atoms with van der Waals surface area (Å²) < 4.78 is 1.89. The number of tetrazole rings is 1. The lowest BCUT2D eigenvalue weighted by Crippen LogP contribution is -2.33. The third-order valence-corrected chi connectivity index (χ3v) is 5.86. The Morgan fingerprint density at radius 1 is 1.11 bits per heavy atom. The fraction of sp³-hybridized carbons (Fsp3) is 0.280. The first kappa shape index (κ1) is 23.8. The molecule has 2 aromatic carbocycles. The summed E-state index contributed by atoms with van der Waals surface area (Å²) in [5.74, 6) is -0.314. The Hall–Kier alpha value is -4.34. The number of amides is 1. The van der Waals surface area contributed by atoms with Crippen LogP contribution in [-0.4, -0.2) is 47.2 Å². The quantitative estimate of drug-likeness (QED) is 0.360. The molecule has 10 nitrogen and oxygen atoms in total. The van der Waals surface area contributed by atoms with E-state index in [9.17, 15) is 14.7 Å². The van der Waals surface area contributed by atoms with E-state index in [0.29, 0.717) is 12.2 Å². The second-order valence-corrected chi connectivity index (χ2v) is 8.28. The number of hydrogen-bond acceptors (Lipinski definition) is 6. The van der Waals surface area contributed by atoms with Crippen LogP contribution in [0.2, 0.25) is 0 Å². The van der Waals surface area contributed by atoms with Crippen LogP contribution in [0.1, 0.15) is 63.1 Å². The van der Waals surface area contributed by atoms with Crippen molar-refractivity contribution in [1.82, 2.24) is 30.2 Å². The number of carboxylic acid groups (broad SMARTS) is 1. The smallest absolute Gasteiger partial charge is 0.335 e. The van der Waals surface area contributed by atoms with E-state index >= 15 is 0 Å². The maximum Gasteiger partial charge on any atom is 0.335 e. The van der Waals surface area contributed by atoms with Gasteiger partial charge in [0.05, 0.1) is 18.3 Å². The van der Waals surface area contributed by atoms with Crippen LogP contribution in [0.15, 0.2) is 54.7 Å². The van der Waals surface area contributed by atoms with E-state index in [0.717, 1.165) is 41.8 Å².